The van der Waals surface area contributed by atoms with Gasteiger partial charge >= 0.3 is 0 Å². The van der Waals surface area contributed by atoms with Crippen LogP contribution in [-0.2, 0) is 5.75 Å². The number of aromatic nitrogens is 2. The molecule has 1 aromatic carbocycles. The number of thioether (sulfide) groups is 1. The molecule has 0 amide bonds. The van der Waals surface area contributed by atoms with Gasteiger partial charge in [0.2, 0.25) is 5.89 Å². The highest BCUT2D eigenvalue weighted by atomic mass is 35.5. The van der Waals surface area contributed by atoms with Gasteiger partial charge in [0.15, 0.2) is 5.82 Å². The molecule has 0 spiro atoms. The second-order valence-electron chi connectivity index (χ2n) is 4.46. The number of nitrogens with zero attached hydrogens (tertiary/aromatic N) is 2. The third-order valence-electron chi connectivity index (χ3n) is 3.09. The van der Waals surface area contributed by atoms with E-state index in [4.69, 9.17) is 16.1 Å². The van der Waals surface area contributed by atoms with Crippen LogP contribution in [0, 0.1) is 0 Å². The molecule has 1 atom stereocenters. The molecule has 2 aromatic rings. The maximum atomic E-state index is 6.11. The van der Waals surface area contributed by atoms with Crippen LogP contribution in [0.5, 0.6) is 0 Å². The summed E-state index contributed by atoms with van der Waals surface area (Å²) < 4.78 is 5.32. The highest BCUT2D eigenvalue weighted by molar-refractivity contribution is 7.98. The zero-order valence-corrected chi connectivity index (χ0v) is 11.9. The van der Waals surface area contributed by atoms with Gasteiger partial charge in [-0.3, -0.25) is 0 Å². The van der Waals surface area contributed by atoms with E-state index >= 15 is 0 Å². The maximum absolute atomic E-state index is 6.11. The molecule has 0 aliphatic carbocycles. The predicted octanol–water partition coefficient (Wildman–Crippen LogP) is 3.09. The SMILES string of the molecule is Clc1ccccc1SCc1noc(C2CCNC2)n1. The molecule has 19 heavy (non-hydrogen) atoms. The topological polar surface area (TPSA) is 51.0 Å². The summed E-state index contributed by atoms with van der Waals surface area (Å²) in [5, 5.41) is 8.08. The molecule has 1 aliphatic heterocycles. The van der Waals surface area contributed by atoms with Crippen LogP contribution in [0.4, 0.5) is 0 Å². The summed E-state index contributed by atoms with van der Waals surface area (Å²) in [6.07, 6.45) is 1.07. The Morgan fingerprint density at radius 1 is 1.42 bits per heavy atom. The molecule has 2 heterocycles. The molecule has 0 radical (unpaired) electrons. The third-order valence-corrected chi connectivity index (χ3v) is 4.60. The number of hydrogen-bond donors (Lipinski definition) is 1. The summed E-state index contributed by atoms with van der Waals surface area (Å²) in [5.41, 5.74) is 0. The first-order valence-electron chi connectivity index (χ1n) is 6.23. The Kier molecular flexibility index (Phi) is 4.06. The van der Waals surface area contributed by atoms with Crippen molar-refractivity contribution >= 4 is 23.4 Å². The summed E-state index contributed by atoms with van der Waals surface area (Å²) >= 11 is 7.73. The Labute approximate surface area is 120 Å². The molecule has 4 nitrogen and oxygen atoms in total. The lowest BCUT2D eigenvalue weighted by Crippen LogP contribution is -2.08. The fourth-order valence-corrected chi connectivity index (χ4v) is 3.14. The first-order valence-corrected chi connectivity index (χ1v) is 7.60. The van der Waals surface area contributed by atoms with E-state index in [1.807, 2.05) is 24.3 Å². The first kappa shape index (κ1) is 13.0. The molecule has 3 rings (SSSR count). The van der Waals surface area contributed by atoms with Gasteiger partial charge in [0.05, 0.1) is 16.7 Å². The molecule has 0 saturated carbocycles. The average Bonchev–Trinajstić information content (AvgIpc) is 3.09. The van der Waals surface area contributed by atoms with E-state index < -0.39 is 0 Å². The van der Waals surface area contributed by atoms with Crippen LogP contribution < -0.4 is 5.32 Å². The molecule has 1 aromatic heterocycles. The molecule has 1 N–H and O–H groups in total. The molecule has 1 aliphatic rings. The van der Waals surface area contributed by atoms with Crippen LogP contribution >= 0.6 is 23.4 Å². The van der Waals surface area contributed by atoms with E-state index in [-0.39, 0.29) is 0 Å². The number of benzene rings is 1. The summed E-state index contributed by atoms with van der Waals surface area (Å²) in [4.78, 5) is 5.50. The van der Waals surface area contributed by atoms with Gasteiger partial charge in [-0.25, -0.2) is 0 Å². The fraction of sp³-hybridized carbons (Fsp3) is 0.385. The molecular formula is C13H14ClN3OS. The van der Waals surface area contributed by atoms with Crippen LogP contribution in [0.15, 0.2) is 33.7 Å². The minimum absolute atomic E-state index is 0.367. The summed E-state index contributed by atoms with van der Waals surface area (Å²) in [6, 6.07) is 7.77. The molecule has 0 bridgehead atoms. The van der Waals surface area contributed by atoms with Crippen molar-refractivity contribution in [2.24, 2.45) is 0 Å². The molecule has 1 fully saturated rings. The van der Waals surface area contributed by atoms with E-state index in [0.717, 1.165) is 41.1 Å². The Bertz CT molecular complexity index is 554. The summed E-state index contributed by atoms with van der Waals surface area (Å²) in [7, 11) is 0. The van der Waals surface area contributed by atoms with Crippen LogP contribution in [0.3, 0.4) is 0 Å². The minimum Gasteiger partial charge on any atom is -0.339 e. The van der Waals surface area contributed by atoms with Gasteiger partial charge in [0.1, 0.15) is 0 Å². The van der Waals surface area contributed by atoms with Crippen LogP contribution in [-0.4, -0.2) is 23.2 Å². The second kappa shape index (κ2) is 5.94. The molecule has 1 saturated heterocycles. The van der Waals surface area contributed by atoms with Crippen molar-refractivity contribution in [1.29, 1.82) is 0 Å². The van der Waals surface area contributed by atoms with Crippen molar-refractivity contribution in [2.75, 3.05) is 13.1 Å². The maximum Gasteiger partial charge on any atom is 0.231 e. The normalized spacial score (nSPS) is 18.9. The summed E-state index contributed by atoms with van der Waals surface area (Å²) in [5.74, 6) is 2.52. The first-order chi connectivity index (χ1) is 9.33. The quantitative estimate of drug-likeness (QED) is 0.879. The molecular weight excluding hydrogens is 282 g/mol. The van der Waals surface area contributed by atoms with Crippen molar-refractivity contribution in [3.8, 4) is 0 Å². The van der Waals surface area contributed by atoms with Gasteiger partial charge in [-0.05, 0) is 25.1 Å². The van der Waals surface area contributed by atoms with E-state index in [1.165, 1.54) is 0 Å². The van der Waals surface area contributed by atoms with Crippen molar-refractivity contribution in [2.45, 2.75) is 23.0 Å². The number of halogens is 1. The van der Waals surface area contributed by atoms with E-state index in [2.05, 4.69) is 15.5 Å². The van der Waals surface area contributed by atoms with Crippen molar-refractivity contribution in [3.63, 3.8) is 0 Å². The standard InChI is InChI=1S/C13H14ClN3OS/c14-10-3-1-2-4-11(10)19-8-12-16-13(18-17-12)9-5-6-15-7-9/h1-4,9,15H,5-8H2. The van der Waals surface area contributed by atoms with Gasteiger partial charge in [-0.2, -0.15) is 4.98 Å². The smallest absolute Gasteiger partial charge is 0.231 e. The Hall–Kier alpha value is -1.04. The van der Waals surface area contributed by atoms with E-state index in [9.17, 15) is 0 Å². The van der Waals surface area contributed by atoms with E-state index in [0.29, 0.717) is 11.7 Å². The zero-order valence-electron chi connectivity index (χ0n) is 10.3. The summed E-state index contributed by atoms with van der Waals surface area (Å²) in [6.45, 7) is 1.95. The largest absolute Gasteiger partial charge is 0.339 e. The minimum atomic E-state index is 0.367. The van der Waals surface area contributed by atoms with Crippen molar-refractivity contribution < 1.29 is 4.52 Å². The lowest BCUT2D eigenvalue weighted by Gasteiger charge is -2.00. The highest BCUT2D eigenvalue weighted by Gasteiger charge is 2.22. The lowest BCUT2D eigenvalue weighted by atomic mass is 10.1. The van der Waals surface area contributed by atoms with Gasteiger partial charge < -0.3 is 9.84 Å². The van der Waals surface area contributed by atoms with Crippen LogP contribution in [0.1, 0.15) is 24.1 Å². The second-order valence-corrected chi connectivity index (χ2v) is 5.88. The third kappa shape index (κ3) is 3.11. The van der Waals surface area contributed by atoms with Gasteiger partial charge in [0, 0.05) is 11.4 Å². The number of rotatable bonds is 4. The number of hydrogen-bond acceptors (Lipinski definition) is 5. The zero-order chi connectivity index (χ0) is 13.1. The Morgan fingerprint density at radius 2 is 2.32 bits per heavy atom. The van der Waals surface area contributed by atoms with Crippen molar-refractivity contribution in [3.05, 3.63) is 41.0 Å². The van der Waals surface area contributed by atoms with Crippen LogP contribution in [0.2, 0.25) is 5.02 Å². The van der Waals surface area contributed by atoms with Crippen LogP contribution in [0.25, 0.3) is 0 Å². The fourth-order valence-electron chi connectivity index (χ4n) is 2.06. The molecule has 1 unspecified atom stereocenters. The van der Waals surface area contributed by atoms with Gasteiger partial charge in [-0.15, -0.1) is 11.8 Å². The lowest BCUT2D eigenvalue weighted by molar-refractivity contribution is 0.355. The van der Waals surface area contributed by atoms with Gasteiger partial charge in [0.25, 0.3) is 0 Å². The van der Waals surface area contributed by atoms with E-state index in [1.54, 1.807) is 11.8 Å². The highest BCUT2D eigenvalue weighted by Crippen LogP contribution is 2.29. The number of nitrogens with one attached hydrogen (secondary N) is 1. The average molecular weight is 296 g/mol. The monoisotopic (exact) mass is 295 g/mol. The van der Waals surface area contributed by atoms with Crippen molar-refractivity contribution in [1.82, 2.24) is 15.5 Å². The Morgan fingerprint density at radius 3 is 3.11 bits per heavy atom. The molecule has 6 heteroatoms. The van der Waals surface area contributed by atoms with Gasteiger partial charge in [-0.1, -0.05) is 28.9 Å². The predicted molar refractivity (Wildman–Crippen MR) is 75.5 cm³/mol. The Balaban J connectivity index is 1.63. The molecule has 100 valence electrons.